The molecule has 0 unspecified atom stereocenters. The topological polar surface area (TPSA) is 51.3 Å². The molecule has 224 valence electrons. The fraction of sp³-hybridized carbons (Fsp3) is 0.0455. The molecule has 6 aromatic carbocycles. The van der Waals surface area contributed by atoms with Crippen LogP contribution in [0, 0.1) is 0 Å². The smallest absolute Gasteiger partial charge is 0.0862 e. The Morgan fingerprint density at radius 1 is 0.532 bits per heavy atom. The quantitative estimate of drug-likeness (QED) is 0.152. The van der Waals surface area contributed by atoms with Crippen LogP contribution in [0.5, 0.6) is 0 Å². The van der Waals surface area contributed by atoms with Gasteiger partial charge in [-0.25, -0.2) is 4.98 Å². The molecule has 0 saturated heterocycles. The number of anilines is 1. The van der Waals surface area contributed by atoms with Crippen molar-refractivity contribution in [2.45, 2.75) is 12.3 Å². The number of aromatic nitrogens is 1. The van der Waals surface area contributed by atoms with Crippen LogP contribution in [0.15, 0.2) is 175 Å². The molecule has 47 heavy (non-hydrogen) atoms. The maximum Gasteiger partial charge on any atom is 0.0862 e. The van der Waals surface area contributed by atoms with Crippen LogP contribution < -0.4 is 5.73 Å². The highest BCUT2D eigenvalue weighted by Gasteiger charge is 2.45. The summed E-state index contributed by atoms with van der Waals surface area (Å²) in [7, 11) is 0. The summed E-state index contributed by atoms with van der Waals surface area (Å²) in [5.74, 6) is 0. The molecule has 0 atom stereocenters. The van der Waals surface area contributed by atoms with Crippen LogP contribution in [-0.4, -0.2) is 10.7 Å². The Morgan fingerprint density at radius 2 is 1.02 bits per heavy atom. The van der Waals surface area contributed by atoms with Gasteiger partial charge in [-0.3, -0.25) is 4.99 Å². The number of nitrogens with two attached hydrogens (primary N) is 1. The van der Waals surface area contributed by atoms with Crippen molar-refractivity contribution in [2.24, 2.45) is 4.99 Å². The van der Waals surface area contributed by atoms with E-state index in [4.69, 9.17) is 15.7 Å². The van der Waals surface area contributed by atoms with Gasteiger partial charge in [0.25, 0.3) is 0 Å². The molecule has 2 N–H and O–H groups in total. The van der Waals surface area contributed by atoms with Gasteiger partial charge in [-0.15, -0.1) is 0 Å². The van der Waals surface area contributed by atoms with Gasteiger partial charge in [-0.1, -0.05) is 146 Å². The summed E-state index contributed by atoms with van der Waals surface area (Å²) in [6.07, 6.45) is 0. The first-order valence-electron chi connectivity index (χ1n) is 16.0. The second-order valence-corrected chi connectivity index (χ2v) is 12.0. The summed E-state index contributed by atoms with van der Waals surface area (Å²) in [4.78, 5) is 10.1. The first-order valence-corrected chi connectivity index (χ1v) is 16.0. The Balaban J connectivity index is 1.29. The zero-order valence-corrected chi connectivity index (χ0v) is 26.1. The molecule has 0 amide bonds. The Morgan fingerprint density at radius 3 is 1.64 bits per heavy atom. The molecule has 1 aromatic heterocycles. The molecule has 1 aliphatic carbocycles. The average Bonchev–Trinajstić information content (AvgIpc) is 3.44. The highest BCUT2D eigenvalue weighted by Crippen LogP contribution is 2.56. The van der Waals surface area contributed by atoms with Crippen LogP contribution in [0.2, 0.25) is 0 Å². The number of nitrogen functional groups attached to an aromatic ring is 1. The number of fused-ring (bicyclic) bond motifs is 3. The third-order valence-corrected chi connectivity index (χ3v) is 9.31. The molecule has 0 saturated carbocycles. The van der Waals surface area contributed by atoms with Crippen molar-refractivity contribution < 1.29 is 0 Å². The largest absolute Gasteiger partial charge is 0.397 e. The lowest BCUT2D eigenvalue weighted by Crippen LogP contribution is -2.28. The summed E-state index contributed by atoms with van der Waals surface area (Å²) in [5, 5.41) is 0. The summed E-state index contributed by atoms with van der Waals surface area (Å²) in [6.45, 7) is 2.03. The molecular formula is C44H33N3. The lowest BCUT2D eigenvalue weighted by atomic mass is 9.67. The Kier molecular flexibility index (Phi) is 7.08. The average molecular weight is 604 g/mol. The van der Waals surface area contributed by atoms with Crippen LogP contribution in [0.4, 0.5) is 11.4 Å². The molecule has 0 fully saturated rings. The third kappa shape index (κ3) is 4.84. The number of para-hydroxylation sites is 2. The van der Waals surface area contributed by atoms with E-state index in [1.807, 2.05) is 49.4 Å². The van der Waals surface area contributed by atoms with Crippen LogP contribution in [-0.2, 0) is 5.41 Å². The minimum Gasteiger partial charge on any atom is -0.397 e. The standard InChI is InChI=1S/C44H33N3/c1-30(46-41-23-13-12-22-40(41)45)33-28-42(31-14-4-2-5-15-31)47-43(29-33)32-24-26-35(27-25-32)44(34-16-6-3-7-17-34)38-20-10-8-18-36(38)37-19-9-11-21-39(37)44/h2-29H,45H2,1H3. The van der Waals surface area contributed by atoms with Gasteiger partial charge in [0, 0.05) is 16.8 Å². The maximum absolute atomic E-state index is 6.25. The molecular weight excluding hydrogens is 571 g/mol. The van der Waals surface area contributed by atoms with Crippen LogP contribution in [0.1, 0.15) is 34.7 Å². The van der Waals surface area contributed by atoms with Crippen molar-refractivity contribution >= 4 is 17.1 Å². The SMILES string of the molecule is CC(=Nc1ccccc1N)c1cc(-c2ccccc2)nc(-c2ccc(C3(c4ccccc4)c4ccccc4-c4ccccc43)cc2)c1. The Labute approximate surface area is 275 Å². The van der Waals surface area contributed by atoms with Crippen LogP contribution in [0.25, 0.3) is 33.6 Å². The van der Waals surface area contributed by atoms with Crippen molar-refractivity contribution in [3.05, 3.63) is 198 Å². The number of hydrogen-bond acceptors (Lipinski definition) is 3. The fourth-order valence-corrected chi connectivity index (χ4v) is 7.08. The number of benzene rings is 6. The third-order valence-electron chi connectivity index (χ3n) is 9.31. The molecule has 1 heterocycles. The zero-order valence-electron chi connectivity index (χ0n) is 26.1. The first kappa shape index (κ1) is 28.4. The lowest BCUT2D eigenvalue weighted by Gasteiger charge is -2.34. The van der Waals surface area contributed by atoms with Crippen molar-refractivity contribution in [3.63, 3.8) is 0 Å². The summed E-state index contributed by atoms with van der Waals surface area (Å²) in [6, 6.07) is 59.8. The molecule has 8 rings (SSSR count). The second kappa shape index (κ2) is 11.7. The molecule has 0 spiro atoms. The molecule has 0 aliphatic heterocycles. The Bertz CT molecular complexity index is 2210. The van der Waals surface area contributed by atoms with E-state index in [1.165, 1.54) is 33.4 Å². The lowest BCUT2D eigenvalue weighted by molar-refractivity contribution is 0.768. The number of pyridine rings is 1. The summed E-state index contributed by atoms with van der Waals surface area (Å²) >= 11 is 0. The van der Waals surface area contributed by atoms with E-state index >= 15 is 0 Å². The second-order valence-electron chi connectivity index (χ2n) is 12.0. The number of rotatable bonds is 6. The molecule has 1 aliphatic rings. The van der Waals surface area contributed by atoms with Gasteiger partial charge in [0.2, 0.25) is 0 Å². The molecule has 3 heteroatoms. The number of hydrogen-bond donors (Lipinski definition) is 1. The van der Waals surface area contributed by atoms with Crippen molar-refractivity contribution in [1.82, 2.24) is 4.98 Å². The van der Waals surface area contributed by atoms with Crippen molar-refractivity contribution in [2.75, 3.05) is 5.73 Å². The van der Waals surface area contributed by atoms with Crippen molar-refractivity contribution in [3.8, 4) is 33.6 Å². The molecule has 3 nitrogen and oxygen atoms in total. The zero-order chi connectivity index (χ0) is 31.8. The molecule has 0 bridgehead atoms. The van der Waals surface area contributed by atoms with Gasteiger partial charge in [-0.05, 0) is 70.1 Å². The predicted molar refractivity (Wildman–Crippen MR) is 195 cm³/mol. The van der Waals surface area contributed by atoms with Gasteiger partial charge in [0.1, 0.15) is 0 Å². The maximum atomic E-state index is 6.25. The minimum atomic E-state index is -0.434. The van der Waals surface area contributed by atoms with Crippen LogP contribution >= 0.6 is 0 Å². The first-order chi connectivity index (χ1) is 23.1. The van der Waals surface area contributed by atoms with E-state index in [9.17, 15) is 0 Å². The van der Waals surface area contributed by atoms with Crippen LogP contribution in [0.3, 0.4) is 0 Å². The predicted octanol–water partition coefficient (Wildman–Crippen LogP) is 10.5. The van der Waals surface area contributed by atoms with E-state index in [2.05, 4.69) is 127 Å². The van der Waals surface area contributed by atoms with Crippen molar-refractivity contribution in [1.29, 1.82) is 0 Å². The van der Waals surface area contributed by atoms with Gasteiger partial charge in [-0.2, -0.15) is 0 Å². The summed E-state index contributed by atoms with van der Waals surface area (Å²) in [5.41, 5.74) is 20.7. The van der Waals surface area contributed by atoms with E-state index in [-0.39, 0.29) is 0 Å². The van der Waals surface area contributed by atoms with E-state index in [0.29, 0.717) is 5.69 Å². The van der Waals surface area contributed by atoms with Gasteiger partial charge >= 0.3 is 0 Å². The fourth-order valence-electron chi connectivity index (χ4n) is 7.08. The number of nitrogens with zero attached hydrogens (tertiary/aromatic N) is 2. The van der Waals surface area contributed by atoms with E-state index in [1.54, 1.807) is 0 Å². The van der Waals surface area contributed by atoms with Gasteiger partial charge in [0.05, 0.1) is 28.2 Å². The molecule has 7 aromatic rings. The van der Waals surface area contributed by atoms with Gasteiger partial charge in [0.15, 0.2) is 0 Å². The normalized spacial score (nSPS) is 13.2. The van der Waals surface area contributed by atoms with E-state index < -0.39 is 5.41 Å². The van der Waals surface area contributed by atoms with Gasteiger partial charge < -0.3 is 5.73 Å². The minimum absolute atomic E-state index is 0.434. The highest BCUT2D eigenvalue weighted by atomic mass is 14.8. The monoisotopic (exact) mass is 603 g/mol. The number of aliphatic imine (C=N–C) groups is 1. The Hall–Kier alpha value is -6.06. The van der Waals surface area contributed by atoms with E-state index in [0.717, 1.165) is 39.5 Å². The molecule has 0 radical (unpaired) electrons. The summed E-state index contributed by atoms with van der Waals surface area (Å²) < 4.78 is 0. The highest BCUT2D eigenvalue weighted by molar-refractivity contribution is 6.02.